The third kappa shape index (κ3) is 4.70. The first-order chi connectivity index (χ1) is 9.63. The van der Waals surface area contributed by atoms with Gasteiger partial charge in [0.2, 0.25) is 5.91 Å². The smallest absolute Gasteiger partial charge is 0.234 e. The minimum atomic E-state index is -0.243. The molecule has 0 bridgehead atoms. The number of thioether (sulfide) groups is 1. The van der Waals surface area contributed by atoms with Crippen molar-refractivity contribution in [3.63, 3.8) is 0 Å². The molecule has 104 valence electrons. The number of rotatable bonds is 5. The molecule has 0 aromatic heterocycles. The molecular weight excluding hydrogens is 273 g/mol. The molecule has 4 heteroatoms. The van der Waals surface area contributed by atoms with E-state index in [0.717, 1.165) is 16.8 Å². The van der Waals surface area contributed by atoms with Crippen molar-refractivity contribution in [1.82, 2.24) is 0 Å². The van der Waals surface area contributed by atoms with Gasteiger partial charge in [0.1, 0.15) is 5.82 Å². The highest BCUT2D eigenvalue weighted by atomic mass is 32.2. The topological polar surface area (TPSA) is 29.1 Å². The summed E-state index contributed by atoms with van der Waals surface area (Å²) in [4.78, 5) is 11.7. The van der Waals surface area contributed by atoms with Crippen LogP contribution in [-0.2, 0) is 10.5 Å². The predicted molar refractivity (Wildman–Crippen MR) is 82.4 cm³/mol. The molecular formula is C16H16FNOS. The summed E-state index contributed by atoms with van der Waals surface area (Å²) in [7, 11) is 0. The number of hydrogen-bond donors (Lipinski definition) is 1. The maximum absolute atomic E-state index is 13.0. The fourth-order valence-electron chi connectivity index (χ4n) is 1.72. The van der Waals surface area contributed by atoms with Crippen LogP contribution in [-0.4, -0.2) is 11.7 Å². The predicted octanol–water partition coefficient (Wildman–Crippen LogP) is 4.01. The van der Waals surface area contributed by atoms with Gasteiger partial charge in [-0.2, -0.15) is 0 Å². The van der Waals surface area contributed by atoms with Crippen molar-refractivity contribution in [2.24, 2.45) is 0 Å². The van der Waals surface area contributed by atoms with E-state index in [4.69, 9.17) is 0 Å². The molecule has 0 unspecified atom stereocenters. The van der Waals surface area contributed by atoms with Crippen molar-refractivity contribution in [3.8, 4) is 0 Å². The zero-order valence-corrected chi connectivity index (χ0v) is 12.0. The molecule has 2 aromatic rings. The van der Waals surface area contributed by atoms with Crippen LogP contribution in [0.15, 0.2) is 48.5 Å². The van der Waals surface area contributed by atoms with E-state index < -0.39 is 0 Å². The van der Waals surface area contributed by atoms with Crippen LogP contribution in [0.25, 0.3) is 0 Å². The quantitative estimate of drug-likeness (QED) is 0.901. The van der Waals surface area contributed by atoms with Crippen LogP contribution in [0.3, 0.4) is 0 Å². The number of carbonyl (C=O) groups excluding carboxylic acids is 1. The SMILES string of the molecule is Cc1ccc(NC(=O)CSCc2cccc(F)c2)cc1. The Balaban J connectivity index is 1.76. The molecule has 0 spiro atoms. The van der Waals surface area contributed by atoms with Gasteiger partial charge < -0.3 is 5.32 Å². The van der Waals surface area contributed by atoms with Crippen molar-refractivity contribution in [3.05, 3.63) is 65.5 Å². The summed E-state index contributed by atoms with van der Waals surface area (Å²) >= 11 is 1.47. The van der Waals surface area contributed by atoms with Crippen LogP contribution in [0.5, 0.6) is 0 Å². The van der Waals surface area contributed by atoms with E-state index in [0.29, 0.717) is 11.5 Å². The molecule has 0 aliphatic carbocycles. The molecule has 0 aliphatic heterocycles. The molecule has 0 fully saturated rings. The highest BCUT2D eigenvalue weighted by Crippen LogP contribution is 2.14. The number of nitrogens with one attached hydrogen (secondary N) is 1. The third-order valence-corrected chi connectivity index (χ3v) is 3.73. The largest absolute Gasteiger partial charge is 0.325 e. The van der Waals surface area contributed by atoms with Crippen LogP contribution in [0.4, 0.5) is 10.1 Å². The fourth-order valence-corrected chi connectivity index (χ4v) is 2.50. The van der Waals surface area contributed by atoms with Crippen LogP contribution >= 0.6 is 11.8 Å². The summed E-state index contributed by atoms with van der Waals surface area (Å²) in [5.74, 6) is 0.686. The van der Waals surface area contributed by atoms with Gasteiger partial charge in [-0.25, -0.2) is 4.39 Å². The molecule has 0 radical (unpaired) electrons. The van der Waals surface area contributed by atoms with E-state index in [1.807, 2.05) is 37.3 Å². The normalized spacial score (nSPS) is 10.3. The second-order valence-electron chi connectivity index (χ2n) is 4.54. The first-order valence-corrected chi connectivity index (χ1v) is 7.47. The summed E-state index contributed by atoms with van der Waals surface area (Å²) in [6, 6.07) is 14.1. The molecule has 0 saturated heterocycles. The molecule has 0 saturated carbocycles. The second-order valence-corrected chi connectivity index (χ2v) is 5.52. The molecule has 2 aromatic carbocycles. The Kier molecular flexibility index (Phi) is 5.18. The van der Waals surface area contributed by atoms with Crippen molar-refractivity contribution < 1.29 is 9.18 Å². The average molecular weight is 289 g/mol. The lowest BCUT2D eigenvalue weighted by molar-refractivity contribution is -0.113. The van der Waals surface area contributed by atoms with Crippen LogP contribution in [0.2, 0.25) is 0 Å². The van der Waals surface area contributed by atoms with Gasteiger partial charge in [-0.1, -0.05) is 29.8 Å². The molecule has 20 heavy (non-hydrogen) atoms. The number of amides is 1. The van der Waals surface area contributed by atoms with Crippen LogP contribution in [0.1, 0.15) is 11.1 Å². The second kappa shape index (κ2) is 7.10. The zero-order chi connectivity index (χ0) is 14.4. The Hall–Kier alpha value is -1.81. The highest BCUT2D eigenvalue weighted by Gasteiger charge is 2.03. The van der Waals surface area contributed by atoms with Crippen molar-refractivity contribution in [1.29, 1.82) is 0 Å². The number of halogens is 1. The Morgan fingerprint density at radius 2 is 1.95 bits per heavy atom. The highest BCUT2D eigenvalue weighted by molar-refractivity contribution is 7.99. The van der Waals surface area contributed by atoms with Crippen molar-refractivity contribution in [2.45, 2.75) is 12.7 Å². The maximum atomic E-state index is 13.0. The van der Waals surface area contributed by atoms with Crippen LogP contribution < -0.4 is 5.32 Å². The van der Waals surface area contributed by atoms with Gasteiger partial charge in [0.05, 0.1) is 5.75 Å². The van der Waals surface area contributed by atoms with E-state index in [1.54, 1.807) is 6.07 Å². The Labute approximate surface area is 122 Å². The number of carbonyl (C=O) groups is 1. The van der Waals surface area contributed by atoms with E-state index >= 15 is 0 Å². The van der Waals surface area contributed by atoms with Gasteiger partial charge in [-0.15, -0.1) is 11.8 Å². The number of aryl methyl sites for hydroxylation is 1. The summed E-state index contributed by atoms with van der Waals surface area (Å²) in [5, 5.41) is 2.83. The lowest BCUT2D eigenvalue weighted by Crippen LogP contribution is -2.14. The fraction of sp³-hybridized carbons (Fsp3) is 0.188. The Morgan fingerprint density at radius 3 is 2.65 bits per heavy atom. The lowest BCUT2D eigenvalue weighted by atomic mass is 10.2. The van der Waals surface area contributed by atoms with Gasteiger partial charge in [-0.3, -0.25) is 4.79 Å². The number of anilines is 1. The molecule has 0 atom stereocenters. The summed E-state index contributed by atoms with van der Waals surface area (Å²) in [6.45, 7) is 2.00. The third-order valence-electron chi connectivity index (χ3n) is 2.73. The van der Waals surface area contributed by atoms with E-state index in [2.05, 4.69) is 5.32 Å². The molecule has 2 nitrogen and oxygen atoms in total. The number of hydrogen-bond acceptors (Lipinski definition) is 2. The Morgan fingerprint density at radius 1 is 1.20 bits per heavy atom. The average Bonchev–Trinajstić information content (AvgIpc) is 2.41. The van der Waals surface area contributed by atoms with E-state index in [-0.39, 0.29) is 11.7 Å². The van der Waals surface area contributed by atoms with Crippen LogP contribution in [0, 0.1) is 12.7 Å². The van der Waals surface area contributed by atoms with Gasteiger partial charge in [0.15, 0.2) is 0 Å². The van der Waals surface area contributed by atoms with Crippen molar-refractivity contribution in [2.75, 3.05) is 11.1 Å². The minimum Gasteiger partial charge on any atom is -0.325 e. The van der Waals surface area contributed by atoms with Gasteiger partial charge in [0.25, 0.3) is 0 Å². The molecule has 0 aliphatic rings. The van der Waals surface area contributed by atoms with Gasteiger partial charge >= 0.3 is 0 Å². The molecule has 0 heterocycles. The van der Waals surface area contributed by atoms with E-state index in [1.165, 1.54) is 23.9 Å². The summed E-state index contributed by atoms with van der Waals surface area (Å²) in [5.41, 5.74) is 2.84. The molecule has 1 amide bonds. The summed E-state index contributed by atoms with van der Waals surface area (Å²) < 4.78 is 13.0. The first kappa shape index (κ1) is 14.6. The van der Waals surface area contributed by atoms with E-state index in [9.17, 15) is 9.18 Å². The lowest BCUT2D eigenvalue weighted by Gasteiger charge is -2.05. The minimum absolute atomic E-state index is 0.0461. The summed E-state index contributed by atoms with van der Waals surface area (Å²) in [6.07, 6.45) is 0. The number of benzene rings is 2. The zero-order valence-electron chi connectivity index (χ0n) is 11.2. The Bertz CT molecular complexity index is 583. The monoisotopic (exact) mass is 289 g/mol. The standard InChI is InChI=1S/C16H16FNOS/c1-12-5-7-15(8-6-12)18-16(19)11-20-10-13-3-2-4-14(17)9-13/h2-9H,10-11H2,1H3,(H,18,19). The van der Waals surface area contributed by atoms with Gasteiger partial charge in [-0.05, 0) is 36.8 Å². The van der Waals surface area contributed by atoms with Gasteiger partial charge in [0, 0.05) is 11.4 Å². The molecule has 1 N–H and O–H groups in total. The van der Waals surface area contributed by atoms with Crippen molar-refractivity contribution >= 4 is 23.4 Å². The maximum Gasteiger partial charge on any atom is 0.234 e. The molecule has 2 rings (SSSR count). The first-order valence-electron chi connectivity index (χ1n) is 6.32.